The topological polar surface area (TPSA) is 17.1 Å². The molecule has 0 fully saturated rings. The molecule has 0 aromatic rings. The lowest BCUT2D eigenvalue weighted by Gasteiger charge is -2.00. The van der Waals surface area contributed by atoms with Crippen molar-refractivity contribution in [2.45, 2.75) is 55.4 Å². The molecule has 0 saturated carbocycles. The molecule has 0 radical (unpaired) electrons. The number of Topliss-reactive ketones (excluding diaryl/α,β-unsaturated/α-hetero) is 1. The van der Waals surface area contributed by atoms with E-state index in [1.54, 1.807) is 18.2 Å². The molecule has 1 atom stereocenters. The van der Waals surface area contributed by atoms with Gasteiger partial charge in [0.2, 0.25) is 0 Å². The minimum absolute atomic E-state index is 0.0636. The highest BCUT2D eigenvalue weighted by Gasteiger charge is 2.09. The Morgan fingerprint density at radius 1 is 1.04 bits per heavy atom. The Hall–Kier alpha value is -1.89. The van der Waals surface area contributed by atoms with Crippen molar-refractivity contribution in [1.29, 1.82) is 0 Å². The first kappa shape index (κ1) is 26.0. The molecule has 1 unspecified atom stereocenters. The first-order valence-electron chi connectivity index (χ1n) is 8.72. The maximum Gasteiger partial charge on any atom is 0.188 e. The van der Waals surface area contributed by atoms with Crippen LogP contribution < -0.4 is 0 Å². The molecular weight excluding hydrogens is 280 g/mol. The van der Waals surface area contributed by atoms with E-state index < -0.39 is 0 Å². The maximum absolute atomic E-state index is 12.1. The molecule has 0 aliphatic heterocycles. The van der Waals surface area contributed by atoms with Gasteiger partial charge >= 0.3 is 0 Å². The van der Waals surface area contributed by atoms with Gasteiger partial charge in [0.05, 0.1) is 0 Å². The molecule has 0 spiro atoms. The second-order valence-electron chi connectivity index (χ2n) is 4.02. The number of rotatable bonds is 4. The summed E-state index contributed by atoms with van der Waals surface area (Å²) in [5, 5.41) is 0. The summed E-state index contributed by atoms with van der Waals surface area (Å²) in [5.41, 5.74) is 1.45. The highest BCUT2D eigenvalue weighted by molar-refractivity contribution is 6.10. The number of carbonyl (C=O) groups is 1. The van der Waals surface area contributed by atoms with Gasteiger partial charge in [0, 0.05) is 5.57 Å². The van der Waals surface area contributed by atoms with Gasteiger partial charge in [-0.05, 0) is 18.4 Å². The minimum Gasteiger partial charge on any atom is -0.289 e. The van der Waals surface area contributed by atoms with E-state index in [1.807, 2.05) is 78.8 Å². The van der Waals surface area contributed by atoms with Crippen LogP contribution in [0.15, 0.2) is 72.4 Å². The van der Waals surface area contributed by atoms with Crippen LogP contribution in [-0.4, -0.2) is 5.78 Å². The Labute approximate surface area is 144 Å². The lowest BCUT2D eigenvalue weighted by molar-refractivity contribution is -0.111. The molecule has 0 amide bonds. The van der Waals surface area contributed by atoms with Gasteiger partial charge in [-0.2, -0.15) is 0 Å². The third kappa shape index (κ3) is 13.5. The summed E-state index contributed by atoms with van der Waals surface area (Å²) in [6, 6.07) is 0. The summed E-state index contributed by atoms with van der Waals surface area (Å²) in [7, 11) is 0. The Kier molecular flexibility index (Phi) is 22.8. The molecule has 23 heavy (non-hydrogen) atoms. The average molecular weight is 317 g/mol. The zero-order valence-corrected chi connectivity index (χ0v) is 16.4. The number of hydrogen-bond donors (Lipinski definition) is 0. The lowest BCUT2D eigenvalue weighted by atomic mass is 10.0. The van der Waals surface area contributed by atoms with Gasteiger partial charge in [0.15, 0.2) is 5.78 Å². The molecule has 0 heterocycles. The predicted octanol–water partition coefficient (Wildman–Crippen LogP) is 7.01. The highest BCUT2D eigenvalue weighted by atomic mass is 16.1. The fraction of sp³-hybridized carbons (Fsp3) is 0.409. The lowest BCUT2D eigenvalue weighted by Crippen LogP contribution is -2.01. The van der Waals surface area contributed by atoms with Crippen molar-refractivity contribution in [3.63, 3.8) is 0 Å². The Morgan fingerprint density at radius 2 is 1.61 bits per heavy atom. The second kappa shape index (κ2) is 20.1. The molecule has 0 saturated heterocycles. The summed E-state index contributed by atoms with van der Waals surface area (Å²) in [4.78, 5) is 12.1. The molecular formula is C22H36O. The van der Waals surface area contributed by atoms with Gasteiger partial charge in [-0.25, -0.2) is 0 Å². The third-order valence-corrected chi connectivity index (χ3v) is 2.48. The number of hydrogen-bond acceptors (Lipinski definition) is 1. The Balaban J connectivity index is -0.000000595. The number of ketones is 1. The molecule has 130 valence electrons. The van der Waals surface area contributed by atoms with Gasteiger partial charge < -0.3 is 0 Å². The molecule has 1 aliphatic rings. The summed E-state index contributed by atoms with van der Waals surface area (Å²) in [5.74, 6) is 0.440. The zero-order valence-electron chi connectivity index (χ0n) is 16.4. The first-order valence-corrected chi connectivity index (χ1v) is 8.72. The van der Waals surface area contributed by atoms with Crippen molar-refractivity contribution >= 4 is 5.78 Å². The van der Waals surface area contributed by atoms with Crippen LogP contribution in [0.1, 0.15) is 55.4 Å². The molecule has 0 bridgehead atoms. The van der Waals surface area contributed by atoms with Crippen LogP contribution in [0, 0.1) is 5.92 Å². The van der Waals surface area contributed by atoms with Gasteiger partial charge in [-0.3, -0.25) is 4.79 Å². The van der Waals surface area contributed by atoms with Crippen molar-refractivity contribution in [1.82, 2.24) is 0 Å². The zero-order chi connectivity index (χ0) is 18.7. The fourth-order valence-corrected chi connectivity index (χ4v) is 1.44. The van der Waals surface area contributed by atoms with Crippen LogP contribution in [0.2, 0.25) is 0 Å². The monoisotopic (exact) mass is 316 g/mol. The third-order valence-electron chi connectivity index (χ3n) is 2.48. The Morgan fingerprint density at radius 3 is 2.13 bits per heavy atom. The van der Waals surface area contributed by atoms with Gasteiger partial charge in [0.1, 0.15) is 0 Å². The van der Waals surface area contributed by atoms with E-state index >= 15 is 0 Å². The van der Waals surface area contributed by atoms with Crippen molar-refractivity contribution in [3.05, 3.63) is 72.4 Å². The van der Waals surface area contributed by atoms with Crippen LogP contribution >= 0.6 is 0 Å². The van der Waals surface area contributed by atoms with Gasteiger partial charge in [-0.1, -0.05) is 110 Å². The molecule has 1 heteroatoms. The van der Waals surface area contributed by atoms with Crippen molar-refractivity contribution in [2.24, 2.45) is 5.92 Å². The first-order chi connectivity index (χ1) is 11.1. The maximum atomic E-state index is 12.1. The van der Waals surface area contributed by atoms with Crippen molar-refractivity contribution in [3.8, 4) is 0 Å². The number of allylic oxidation sites excluding steroid dienone is 11. The highest BCUT2D eigenvalue weighted by Crippen LogP contribution is 2.13. The fourth-order valence-electron chi connectivity index (χ4n) is 1.44. The number of carbonyl (C=O) groups excluding carboxylic acids is 1. The van der Waals surface area contributed by atoms with Crippen molar-refractivity contribution in [2.75, 3.05) is 0 Å². The molecule has 1 nitrogen and oxygen atoms in total. The van der Waals surface area contributed by atoms with Crippen LogP contribution in [0.3, 0.4) is 0 Å². The Bertz CT molecular complexity index is 443. The summed E-state index contributed by atoms with van der Waals surface area (Å²) < 4.78 is 0. The smallest absolute Gasteiger partial charge is 0.188 e. The predicted molar refractivity (Wildman–Crippen MR) is 108 cm³/mol. The van der Waals surface area contributed by atoms with E-state index in [0.29, 0.717) is 5.92 Å². The second-order valence-corrected chi connectivity index (χ2v) is 4.02. The molecule has 1 aliphatic carbocycles. The van der Waals surface area contributed by atoms with E-state index in [-0.39, 0.29) is 5.78 Å². The van der Waals surface area contributed by atoms with Crippen LogP contribution in [0.25, 0.3) is 0 Å². The van der Waals surface area contributed by atoms with Crippen LogP contribution in [0.4, 0.5) is 0 Å². The van der Waals surface area contributed by atoms with E-state index in [4.69, 9.17) is 0 Å². The standard InChI is InChI=1S/C16H18O.3C2H6/c1-4-5-6-9-14(3)16(17)15-10-7-8-13(2)11-12-15;3*1-2/h4-13H,1H2,2-3H3;3*1-2H3/b6-5-,14-9+;;;. The van der Waals surface area contributed by atoms with E-state index in [2.05, 4.69) is 19.6 Å². The SMILES string of the molecule is C=C/C=C\C=C(/C)C(=O)C1=CC=CC(C)C=C1.CC.CC.CC. The molecule has 0 N–H and O–H groups in total. The molecule has 0 aromatic heterocycles. The van der Waals surface area contributed by atoms with Gasteiger partial charge in [-0.15, -0.1) is 0 Å². The van der Waals surface area contributed by atoms with E-state index in [9.17, 15) is 4.79 Å². The summed E-state index contributed by atoms with van der Waals surface area (Å²) >= 11 is 0. The normalized spacial score (nSPS) is 15.7. The summed E-state index contributed by atoms with van der Waals surface area (Å²) in [6.07, 6.45) is 16.9. The minimum atomic E-state index is 0.0636. The van der Waals surface area contributed by atoms with Crippen molar-refractivity contribution < 1.29 is 4.79 Å². The quantitative estimate of drug-likeness (QED) is 0.402. The molecule has 0 aromatic carbocycles. The van der Waals surface area contributed by atoms with E-state index in [1.165, 1.54) is 0 Å². The van der Waals surface area contributed by atoms with Crippen LogP contribution in [-0.2, 0) is 4.79 Å². The van der Waals surface area contributed by atoms with Crippen LogP contribution in [0.5, 0.6) is 0 Å². The largest absolute Gasteiger partial charge is 0.289 e. The average Bonchev–Trinajstić information content (AvgIpc) is 2.84. The molecule has 1 rings (SSSR count). The van der Waals surface area contributed by atoms with E-state index in [0.717, 1.165) is 11.1 Å². The van der Waals surface area contributed by atoms with Gasteiger partial charge in [0.25, 0.3) is 0 Å². The summed E-state index contributed by atoms with van der Waals surface area (Å²) in [6.45, 7) is 19.5.